The Morgan fingerprint density at radius 3 is 2.69 bits per heavy atom. The van der Waals surface area contributed by atoms with Crippen molar-refractivity contribution in [3.8, 4) is 5.75 Å². The first-order valence-corrected chi connectivity index (χ1v) is 5.40. The normalized spacial score (nSPS) is 12.2. The van der Waals surface area contributed by atoms with E-state index in [9.17, 15) is 4.79 Å². The molecule has 0 bridgehead atoms. The number of methoxy groups -OCH3 is 1. The van der Waals surface area contributed by atoms with E-state index in [4.69, 9.17) is 9.47 Å². The van der Waals surface area contributed by atoms with Gasteiger partial charge in [-0.05, 0) is 32.9 Å². The molecule has 0 heterocycles. The predicted molar refractivity (Wildman–Crippen MR) is 63.1 cm³/mol. The lowest BCUT2D eigenvalue weighted by atomic mass is 10.0. The van der Waals surface area contributed by atoms with Crippen LogP contribution in [0.5, 0.6) is 5.75 Å². The Hall–Kier alpha value is -1.35. The summed E-state index contributed by atoms with van der Waals surface area (Å²) in [4.78, 5) is 12.1. The standard InChI is InChI=1S/C13H18O3/c1-5-16-10(3)13(14)11-8-9(2)6-7-12(11)15-4/h6-8,10H,5H2,1-4H3. The van der Waals surface area contributed by atoms with Gasteiger partial charge < -0.3 is 9.47 Å². The van der Waals surface area contributed by atoms with E-state index >= 15 is 0 Å². The SMILES string of the molecule is CCOC(C)C(=O)c1cc(C)ccc1OC. The average molecular weight is 222 g/mol. The zero-order valence-electron chi connectivity index (χ0n) is 10.2. The summed E-state index contributed by atoms with van der Waals surface area (Å²) < 4.78 is 10.5. The van der Waals surface area contributed by atoms with E-state index in [2.05, 4.69) is 0 Å². The van der Waals surface area contributed by atoms with Gasteiger partial charge in [-0.1, -0.05) is 11.6 Å². The van der Waals surface area contributed by atoms with Gasteiger partial charge in [-0.3, -0.25) is 4.79 Å². The average Bonchev–Trinajstić information content (AvgIpc) is 2.28. The zero-order valence-corrected chi connectivity index (χ0v) is 10.2. The molecule has 3 heteroatoms. The van der Waals surface area contributed by atoms with Gasteiger partial charge in [-0.25, -0.2) is 0 Å². The van der Waals surface area contributed by atoms with Gasteiger partial charge in [0, 0.05) is 6.61 Å². The molecule has 0 amide bonds. The molecule has 0 radical (unpaired) electrons. The van der Waals surface area contributed by atoms with Crippen LogP contribution in [0.1, 0.15) is 29.8 Å². The molecule has 0 aromatic heterocycles. The summed E-state index contributed by atoms with van der Waals surface area (Å²) in [6.07, 6.45) is -0.430. The van der Waals surface area contributed by atoms with Crippen LogP contribution in [0.25, 0.3) is 0 Å². The van der Waals surface area contributed by atoms with Crippen LogP contribution >= 0.6 is 0 Å². The van der Waals surface area contributed by atoms with E-state index in [-0.39, 0.29) is 5.78 Å². The van der Waals surface area contributed by atoms with Crippen molar-refractivity contribution in [1.29, 1.82) is 0 Å². The molecular formula is C13H18O3. The van der Waals surface area contributed by atoms with Gasteiger partial charge in [0.15, 0.2) is 5.78 Å². The molecular weight excluding hydrogens is 204 g/mol. The predicted octanol–water partition coefficient (Wildman–Crippen LogP) is 2.61. The summed E-state index contributed by atoms with van der Waals surface area (Å²) in [6, 6.07) is 5.55. The van der Waals surface area contributed by atoms with Crippen molar-refractivity contribution in [2.45, 2.75) is 26.9 Å². The second kappa shape index (κ2) is 5.66. The molecule has 0 aliphatic rings. The molecule has 1 unspecified atom stereocenters. The number of Topliss-reactive ketones (excluding diaryl/α,β-unsaturated/α-hetero) is 1. The van der Waals surface area contributed by atoms with Crippen LogP contribution in [-0.2, 0) is 4.74 Å². The van der Waals surface area contributed by atoms with Gasteiger partial charge in [0.1, 0.15) is 11.9 Å². The third-order valence-corrected chi connectivity index (χ3v) is 2.41. The van der Waals surface area contributed by atoms with Crippen molar-refractivity contribution in [2.24, 2.45) is 0 Å². The van der Waals surface area contributed by atoms with E-state index in [1.165, 1.54) is 0 Å². The fourth-order valence-electron chi connectivity index (χ4n) is 1.56. The number of hydrogen-bond acceptors (Lipinski definition) is 3. The molecule has 0 saturated heterocycles. The Morgan fingerprint density at radius 2 is 2.12 bits per heavy atom. The fraction of sp³-hybridized carbons (Fsp3) is 0.462. The maximum Gasteiger partial charge on any atom is 0.194 e. The summed E-state index contributed by atoms with van der Waals surface area (Å²) in [5.74, 6) is 0.560. The smallest absolute Gasteiger partial charge is 0.194 e. The monoisotopic (exact) mass is 222 g/mol. The van der Waals surface area contributed by atoms with Crippen molar-refractivity contribution < 1.29 is 14.3 Å². The second-order valence-corrected chi connectivity index (χ2v) is 3.67. The maximum absolute atomic E-state index is 12.1. The zero-order chi connectivity index (χ0) is 12.1. The Labute approximate surface area is 96.4 Å². The highest BCUT2D eigenvalue weighted by Gasteiger charge is 2.19. The van der Waals surface area contributed by atoms with Gasteiger partial charge in [0.05, 0.1) is 12.7 Å². The quantitative estimate of drug-likeness (QED) is 0.718. The number of aryl methyl sites for hydroxylation is 1. The number of ketones is 1. The number of carbonyl (C=O) groups excluding carboxylic acids is 1. The first-order chi connectivity index (χ1) is 7.60. The van der Waals surface area contributed by atoms with Crippen LogP contribution in [0, 0.1) is 6.92 Å². The van der Waals surface area contributed by atoms with Crippen molar-refractivity contribution in [3.63, 3.8) is 0 Å². The first-order valence-electron chi connectivity index (χ1n) is 5.40. The van der Waals surface area contributed by atoms with E-state index < -0.39 is 6.10 Å². The molecule has 16 heavy (non-hydrogen) atoms. The fourth-order valence-corrected chi connectivity index (χ4v) is 1.56. The van der Waals surface area contributed by atoms with E-state index in [1.807, 2.05) is 26.0 Å². The molecule has 0 aliphatic carbocycles. The number of rotatable bonds is 5. The van der Waals surface area contributed by atoms with Crippen LogP contribution in [-0.4, -0.2) is 25.6 Å². The van der Waals surface area contributed by atoms with Gasteiger partial charge in [0.2, 0.25) is 0 Å². The molecule has 0 N–H and O–H groups in total. The molecule has 88 valence electrons. The van der Waals surface area contributed by atoms with Crippen molar-refractivity contribution in [3.05, 3.63) is 29.3 Å². The summed E-state index contributed by atoms with van der Waals surface area (Å²) in [5, 5.41) is 0. The molecule has 0 saturated carbocycles. The minimum absolute atomic E-state index is 0.0394. The number of benzene rings is 1. The third-order valence-electron chi connectivity index (χ3n) is 2.41. The van der Waals surface area contributed by atoms with Crippen molar-refractivity contribution in [2.75, 3.05) is 13.7 Å². The highest BCUT2D eigenvalue weighted by molar-refractivity contribution is 6.01. The Bertz CT molecular complexity index is 371. The Kier molecular flexibility index (Phi) is 4.50. The molecule has 1 aromatic rings. The van der Waals surface area contributed by atoms with Gasteiger partial charge in [-0.15, -0.1) is 0 Å². The lowest BCUT2D eigenvalue weighted by Crippen LogP contribution is -2.21. The highest BCUT2D eigenvalue weighted by Crippen LogP contribution is 2.21. The summed E-state index contributed by atoms with van der Waals surface area (Å²) in [7, 11) is 1.56. The first kappa shape index (κ1) is 12.7. The molecule has 1 aromatic carbocycles. The lowest BCUT2D eigenvalue weighted by molar-refractivity contribution is 0.0518. The van der Waals surface area contributed by atoms with Crippen LogP contribution < -0.4 is 4.74 Å². The molecule has 3 nitrogen and oxygen atoms in total. The van der Waals surface area contributed by atoms with E-state index in [0.29, 0.717) is 17.9 Å². The van der Waals surface area contributed by atoms with Gasteiger partial charge >= 0.3 is 0 Å². The van der Waals surface area contributed by atoms with Crippen molar-refractivity contribution in [1.82, 2.24) is 0 Å². The minimum Gasteiger partial charge on any atom is -0.496 e. The van der Waals surface area contributed by atoms with E-state index in [1.54, 1.807) is 20.1 Å². The van der Waals surface area contributed by atoms with Gasteiger partial charge in [0.25, 0.3) is 0 Å². The van der Waals surface area contributed by atoms with Crippen LogP contribution in [0.4, 0.5) is 0 Å². The summed E-state index contributed by atoms with van der Waals surface area (Å²) >= 11 is 0. The van der Waals surface area contributed by atoms with Crippen LogP contribution in [0.3, 0.4) is 0 Å². The molecule has 0 fully saturated rings. The Morgan fingerprint density at radius 1 is 1.44 bits per heavy atom. The maximum atomic E-state index is 12.1. The number of hydrogen-bond donors (Lipinski definition) is 0. The largest absolute Gasteiger partial charge is 0.496 e. The van der Waals surface area contributed by atoms with Gasteiger partial charge in [-0.2, -0.15) is 0 Å². The number of carbonyl (C=O) groups is 1. The van der Waals surface area contributed by atoms with Crippen LogP contribution in [0.15, 0.2) is 18.2 Å². The topological polar surface area (TPSA) is 35.5 Å². The Balaban J connectivity index is 3.01. The third kappa shape index (κ3) is 2.83. The number of ether oxygens (including phenoxy) is 2. The summed E-state index contributed by atoms with van der Waals surface area (Å²) in [6.45, 7) is 6.10. The second-order valence-electron chi connectivity index (χ2n) is 3.67. The lowest BCUT2D eigenvalue weighted by Gasteiger charge is -2.13. The minimum atomic E-state index is -0.430. The van der Waals surface area contributed by atoms with E-state index in [0.717, 1.165) is 5.56 Å². The molecule has 1 atom stereocenters. The summed E-state index contributed by atoms with van der Waals surface area (Å²) in [5.41, 5.74) is 1.62. The van der Waals surface area contributed by atoms with Crippen LogP contribution in [0.2, 0.25) is 0 Å². The molecule has 0 spiro atoms. The molecule has 0 aliphatic heterocycles. The molecule has 1 rings (SSSR count). The highest BCUT2D eigenvalue weighted by atomic mass is 16.5. The van der Waals surface area contributed by atoms with Crippen molar-refractivity contribution >= 4 is 5.78 Å².